The first-order chi connectivity index (χ1) is 10.7. The molecule has 1 aromatic heterocycles. The highest BCUT2D eigenvalue weighted by atomic mass is 16.5. The Labute approximate surface area is 128 Å². The third-order valence-electron chi connectivity index (χ3n) is 3.92. The van der Waals surface area contributed by atoms with Crippen molar-refractivity contribution in [3.63, 3.8) is 0 Å². The van der Waals surface area contributed by atoms with Crippen LogP contribution in [0.4, 0.5) is 0 Å². The number of aromatic nitrogens is 4. The molecule has 1 aromatic carbocycles. The van der Waals surface area contributed by atoms with Gasteiger partial charge in [-0.3, -0.25) is 4.79 Å². The number of carbonyl (C=O) groups excluding carboxylic acids is 1. The molecule has 3 rings (SSSR count). The highest BCUT2D eigenvalue weighted by molar-refractivity contribution is 5.94. The highest BCUT2D eigenvalue weighted by Gasteiger charge is 2.24. The molecule has 0 bridgehead atoms. The fraction of sp³-hybridized carbons (Fsp3) is 0.467. The minimum absolute atomic E-state index is 0.0492. The van der Waals surface area contributed by atoms with Gasteiger partial charge in [-0.1, -0.05) is 6.92 Å². The molecule has 22 heavy (non-hydrogen) atoms. The number of ether oxygens (including phenoxy) is 1. The Morgan fingerprint density at radius 3 is 3.00 bits per heavy atom. The molecule has 2 heterocycles. The lowest BCUT2D eigenvalue weighted by Crippen LogP contribution is -2.45. The molecule has 0 saturated carbocycles. The van der Waals surface area contributed by atoms with E-state index in [0.29, 0.717) is 25.3 Å². The topological polar surface area (TPSA) is 73.1 Å². The normalized spacial score (nSPS) is 18.5. The maximum absolute atomic E-state index is 12.6. The van der Waals surface area contributed by atoms with E-state index in [1.54, 1.807) is 4.68 Å². The Morgan fingerprint density at radius 2 is 2.32 bits per heavy atom. The first-order valence-corrected chi connectivity index (χ1v) is 7.44. The van der Waals surface area contributed by atoms with Gasteiger partial charge in [0, 0.05) is 18.7 Å². The summed E-state index contributed by atoms with van der Waals surface area (Å²) < 4.78 is 7.20. The monoisotopic (exact) mass is 301 g/mol. The van der Waals surface area contributed by atoms with Crippen molar-refractivity contribution in [2.24, 2.45) is 0 Å². The van der Waals surface area contributed by atoms with Gasteiger partial charge in [-0.2, -0.15) is 0 Å². The van der Waals surface area contributed by atoms with Gasteiger partial charge < -0.3 is 9.64 Å². The molecule has 1 fully saturated rings. The van der Waals surface area contributed by atoms with Crippen LogP contribution in [0.25, 0.3) is 5.69 Å². The summed E-state index contributed by atoms with van der Waals surface area (Å²) in [5.41, 5.74) is 2.51. The van der Waals surface area contributed by atoms with E-state index in [9.17, 15) is 4.79 Å². The van der Waals surface area contributed by atoms with Crippen LogP contribution in [0, 0.1) is 6.92 Å². The van der Waals surface area contributed by atoms with Crippen LogP contribution < -0.4 is 0 Å². The fourth-order valence-corrected chi connectivity index (χ4v) is 2.65. The zero-order valence-corrected chi connectivity index (χ0v) is 12.8. The molecule has 1 aliphatic rings. The summed E-state index contributed by atoms with van der Waals surface area (Å²) in [5.74, 6) is 0.0492. The standard InChI is InChI=1S/C15H19N5O2/c1-3-13-9-19(6-7-22-13)15(21)12-4-5-14(11(2)8-12)20-10-16-17-18-20/h4-5,8,10,13H,3,6-7,9H2,1-2H3/t13-/m0/s1. The zero-order chi connectivity index (χ0) is 15.5. The van der Waals surface area contributed by atoms with E-state index in [1.807, 2.05) is 30.0 Å². The smallest absolute Gasteiger partial charge is 0.254 e. The summed E-state index contributed by atoms with van der Waals surface area (Å²) in [6.45, 7) is 5.92. The zero-order valence-electron chi connectivity index (χ0n) is 12.8. The van der Waals surface area contributed by atoms with Gasteiger partial charge in [0.15, 0.2) is 0 Å². The highest BCUT2D eigenvalue weighted by Crippen LogP contribution is 2.17. The third-order valence-corrected chi connectivity index (χ3v) is 3.92. The molecule has 0 unspecified atom stereocenters. The van der Waals surface area contributed by atoms with E-state index >= 15 is 0 Å². The van der Waals surface area contributed by atoms with E-state index in [1.165, 1.54) is 6.33 Å². The van der Waals surface area contributed by atoms with E-state index in [0.717, 1.165) is 17.7 Å². The molecule has 0 radical (unpaired) electrons. The van der Waals surface area contributed by atoms with Crippen LogP contribution in [0.15, 0.2) is 24.5 Å². The summed E-state index contributed by atoms with van der Waals surface area (Å²) in [6.07, 6.45) is 2.60. The number of rotatable bonds is 3. The molecule has 1 saturated heterocycles. The van der Waals surface area contributed by atoms with Gasteiger partial charge in [-0.05, 0) is 47.5 Å². The predicted molar refractivity (Wildman–Crippen MR) is 79.8 cm³/mol. The van der Waals surface area contributed by atoms with Crippen molar-refractivity contribution >= 4 is 5.91 Å². The minimum atomic E-state index is 0.0492. The molecule has 1 aliphatic heterocycles. The molecule has 0 spiro atoms. The molecular weight excluding hydrogens is 282 g/mol. The number of nitrogens with zero attached hydrogens (tertiary/aromatic N) is 5. The van der Waals surface area contributed by atoms with Crippen molar-refractivity contribution < 1.29 is 9.53 Å². The summed E-state index contributed by atoms with van der Waals surface area (Å²) >= 11 is 0. The lowest BCUT2D eigenvalue weighted by molar-refractivity contribution is -0.0226. The fourth-order valence-electron chi connectivity index (χ4n) is 2.65. The summed E-state index contributed by atoms with van der Waals surface area (Å²) in [5, 5.41) is 11.1. The average Bonchev–Trinajstić information content (AvgIpc) is 3.08. The number of benzene rings is 1. The Morgan fingerprint density at radius 1 is 1.45 bits per heavy atom. The van der Waals surface area contributed by atoms with Crippen molar-refractivity contribution in [1.29, 1.82) is 0 Å². The van der Waals surface area contributed by atoms with Gasteiger partial charge in [-0.15, -0.1) is 5.10 Å². The van der Waals surface area contributed by atoms with Crippen molar-refractivity contribution in [2.75, 3.05) is 19.7 Å². The summed E-state index contributed by atoms with van der Waals surface area (Å²) in [7, 11) is 0. The quantitative estimate of drug-likeness (QED) is 0.852. The number of tetrazole rings is 1. The van der Waals surface area contributed by atoms with Crippen LogP contribution in [0.1, 0.15) is 29.3 Å². The van der Waals surface area contributed by atoms with Gasteiger partial charge in [-0.25, -0.2) is 4.68 Å². The Kier molecular flexibility index (Phi) is 4.15. The van der Waals surface area contributed by atoms with Crippen molar-refractivity contribution in [3.05, 3.63) is 35.7 Å². The van der Waals surface area contributed by atoms with E-state index < -0.39 is 0 Å². The van der Waals surface area contributed by atoms with Gasteiger partial charge in [0.05, 0.1) is 18.4 Å². The number of hydrogen-bond donors (Lipinski definition) is 0. The molecule has 0 aliphatic carbocycles. The second-order valence-corrected chi connectivity index (χ2v) is 5.41. The molecule has 1 amide bonds. The van der Waals surface area contributed by atoms with Gasteiger partial charge in [0.25, 0.3) is 5.91 Å². The predicted octanol–water partition coefficient (Wildman–Crippen LogP) is 1.22. The largest absolute Gasteiger partial charge is 0.375 e. The van der Waals surface area contributed by atoms with Gasteiger partial charge in [0.1, 0.15) is 6.33 Å². The first kappa shape index (κ1) is 14.6. The number of amides is 1. The molecule has 7 nitrogen and oxygen atoms in total. The van der Waals surface area contributed by atoms with Crippen LogP contribution in [-0.2, 0) is 4.74 Å². The second-order valence-electron chi connectivity index (χ2n) is 5.41. The van der Waals surface area contributed by atoms with Gasteiger partial charge >= 0.3 is 0 Å². The lowest BCUT2D eigenvalue weighted by atomic mass is 10.1. The van der Waals surface area contributed by atoms with Crippen LogP contribution in [-0.4, -0.2) is 56.8 Å². The first-order valence-electron chi connectivity index (χ1n) is 7.44. The maximum atomic E-state index is 12.6. The van der Waals surface area contributed by atoms with Crippen molar-refractivity contribution in [1.82, 2.24) is 25.1 Å². The van der Waals surface area contributed by atoms with Crippen LogP contribution in [0.3, 0.4) is 0 Å². The summed E-state index contributed by atoms with van der Waals surface area (Å²) in [4.78, 5) is 14.5. The van der Waals surface area contributed by atoms with Crippen molar-refractivity contribution in [3.8, 4) is 5.69 Å². The maximum Gasteiger partial charge on any atom is 0.254 e. The number of aryl methyl sites for hydroxylation is 1. The molecule has 7 heteroatoms. The molecule has 116 valence electrons. The third kappa shape index (κ3) is 2.85. The van der Waals surface area contributed by atoms with Crippen molar-refractivity contribution in [2.45, 2.75) is 26.4 Å². The lowest BCUT2D eigenvalue weighted by Gasteiger charge is -2.32. The molecular formula is C15H19N5O2. The summed E-state index contributed by atoms with van der Waals surface area (Å²) in [6, 6.07) is 5.58. The second kappa shape index (κ2) is 6.23. The van der Waals surface area contributed by atoms with E-state index in [2.05, 4.69) is 22.4 Å². The minimum Gasteiger partial charge on any atom is -0.375 e. The van der Waals surface area contributed by atoms with E-state index in [-0.39, 0.29) is 12.0 Å². The SMILES string of the molecule is CC[C@H]1CN(C(=O)c2ccc(-n3cnnn3)c(C)c2)CCO1. The molecule has 2 aromatic rings. The number of hydrogen-bond acceptors (Lipinski definition) is 5. The number of carbonyl (C=O) groups is 1. The number of morpholine rings is 1. The average molecular weight is 301 g/mol. The van der Waals surface area contributed by atoms with E-state index in [4.69, 9.17) is 4.74 Å². The van der Waals surface area contributed by atoms with Gasteiger partial charge in [0.2, 0.25) is 0 Å². The Hall–Kier alpha value is -2.28. The molecule has 1 atom stereocenters. The van der Waals surface area contributed by atoms with Crippen LogP contribution in [0.5, 0.6) is 0 Å². The van der Waals surface area contributed by atoms with Crippen LogP contribution in [0.2, 0.25) is 0 Å². The van der Waals surface area contributed by atoms with Crippen LogP contribution >= 0.6 is 0 Å². The Bertz CT molecular complexity index is 656. The Balaban J connectivity index is 1.80. The molecule has 0 N–H and O–H groups in total.